The first-order valence-electron chi connectivity index (χ1n) is 6.23. The van der Waals surface area contributed by atoms with Crippen molar-refractivity contribution in [3.05, 3.63) is 42.1 Å². The molecular weight excluding hydrogens is 229 g/mol. The van der Waals surface area contributed by atoms with Gasteiger partial charge >= 0.3 is 0 Å². The average molecular weight is 247 g/mol. The highest BCUT2D eigenvalue weighted by Gasteiger charge is 2.07. The summed E-state index contributed by atoms with van der Waals surface area (Å²) in [5, 5.41) is 3.34. The lowest BCUT2D eigenvalue weighted by Gasteiger charge is -2.08. The van der Waals surface area contributed by atoms with Crippen LogP contribution in [0.4, 0.5) is 4.39 Å². The van der Waals surface area contributed by atoms with Crippen LogP contribution in [0, 0.1) is 5.82 Å². The van der Waals surface area contributed by atoms with E-state index in [0.717, 1.165) is 12.2 Å². The zero-order chi connectivity index (χ0) is 13.0. The van der Waals surface area contributed by atoms with Crippen LogP contribution in [0.25, 0.3) is 11.3 Å². The number of benzene rings is 1. The van der Waals surface area contributed by atoms with Crippen molar-refractivity contribution in [2.45, 2.75) is 32.9 Å². The van der Waals surface area contributed by atoms with Gasteiger partial charge in [0.2, 0.25) is 0 Å². The third kappa shape index (κ3) is 2.96. The van der Waals surface area contributed by atoms with Crippen molar-refractivity contribution in [3.63, 3.8) is 0 Å². The topological polar surface area (TPSA) is 40.7 Å². The predicted molar refractivity (Wildman–Crippen MR) is 70.6 cm³/mol. The highest BCUT2D eigenvalue weighted by Crippen LogP contribution is 2.20. The molecule has 2 aromatic rings. The standard InChI is InChI=1S/C14H18FN3/c1-3-10(2)16-9-14-17-8-13(18-14)11-6-4-5-7-12(11)15/h4-8,10,16H,3,9H2,1-2H3,(H,17,18). The molecule has 0 aliphatic carbocycles. The van der Waals surface area contributed by atoms with E-state index in [9.17, 15) is 4.39 Å². The summed E-state index contributed by atoms with van der Waals surface area (Å²) in [6.45, 7) is 4.93. The molecule has 2 rings (SSSR count). The molecule has 96 valence electrons. The van der Waals surface area contributed by atoms with Gasteiger partial charge in [-0.3, -0.25) is 0 Å². The summed E-state index contributed by atoms with van der Waals surface area (Å²) >= 11 is 0. The average Bonchev–Trinajstić information content (AvgIpc) is 2.85. The van der Waals surface area contributed by atoms with Crippen LogP contribution >= 0.6 is 0 Å². The maximum absolute atomic E-state index is 13.6. The number of nitrogens with one attached hydrogen (secondary N) is 2. The van der Waals surface area contributed by atoms with E-state index in [1.165, 1.54) is 6.07 Å². The fraction of sp³-hybridized carbons (Fsp3) is 0.357. The van der Waals surface area contributed by atoms with E-state index in [0.29, 0.717) is 23.8 Å². The number of hydrogen-bond donors (Lipinski definition) is 2. The summed E-state index contributed by atoms with van der Waals surface area (Å²) in [6.07, 6.45) is 2.74. The van der Waals surface area contributed by atoms with Crippen molar-refractivity contribution in [3.8, 4) is 11.3 Å². The van der Waals surface area contributed by atoms with Gasteiger partial charge in [-0.25, -0.2) is 9.37 Å². The molecular formula is C14H18FN3. The summed E-state index contributed by atoms with van der Waals surface area (Å²) < 4.78 is 13.6. The first kappa shape index (κ1) is 12.8. The summed E-state index contributed by atoms with van der Waals surface area (Å²) in [4.78, 5) is 7.39. The normalized spacial score (nSPS) is 12.6. The van der Waals surface area contributed by atoms with Crippen LogP contribution < -0.4 is 5.32 Å². The quantitative estimate of drug-likeness (QED) is 0.852. The number of H-pyrrole nitrogens is 1. The molecule has 0 aliphatic rings. The lowest BCUT2D eigenvalue weighted by Crippen LogP contribution is -2.24. The maximum Gasteiger partial charge on any atom is 0.132 e. The van der Waals surface area contributed by atoms with Crippen LogP contribution in [0.3, 0.4) is 0 Å². The Morgan fingerprint density at radius 2 is 2.17 bits per heavy atom. The molecule has 0 radical (unpaired) electrons. The van der Waals surface area contributed by atoms with Gasteiger partial charge in [-0.2, -0.15) is 0 Å². The second kappa shape index (κ2) is 5.78. The molecule has 1 aromatic carbocycles. The van der Waals surface area contributed by atoms with E-state index >= 15 is 0 Å². The monoisotopic (exact) mass is 247 g/mol. The summed E-state index contributed by atoms with van der Waals surface area (Å²) in [5.74, 6) is 0.594. The Bertz CT molecular complexity index is 507. The molecule has 4 heteroatoms. The van der Waals surface area contributed by atoms with Gasteiger partial charge < -0.3 is 10.3 Å². The minimum atomic E-state index is -0.234. The zero-order valence-corrected chi connectivity index (χ0v) is 10.7. The lowest BCUT2D eigenvalue weighted by molar-refractivity contribution is 0.525. The minimum Gasteiger partial charge on any atom is -0.341 e. The van der Waals surface area contributed by atoms with Gasteiger partial charge in [-0.15, -0.1) is 0 Å². The van der Waals surface area contributed by atoms with Gasteiger partial charge in [0.05, 0.1) is 18.4 Å². The third-order valence-electron chi connectivity index (χ3n) is 3.02. The lowest BCUT2D eigenvalue weighted by atomic mass is 10.1. The van der Waals surface area contributed by atoms with Crippen molar-refractivity contribution in [1.82, 2.24) is 15.3 Å². The van der Waals surface area contributed by atoms with E-state index in [1.54, 1.807) is 18.3 Å². The maximum atomic E-state index is 13.6. The molecule has 0 aliphatic heterocycles. The Hall–Kier alpha value is -1.68. The molecule has 3 nitrogen and oxygen atoms in total. The number of halogens is 1. The van der Waals surface area contributed by atoms with Gasteiger partial charge in [0, 0.05) is 11.6 Å². The molecule has 2 N–H and O–H groups in total. The summed E-state index contributed by atoms with van der Waals surface area (Å²) in [6, 6.07) is 7.14. The first-order chi connectivity index (χ1) is 8.70. The van der Waals surface area contributed by atoms with Gasteiger partial charge in [-0.05, 0) is 25.5 Å². The summed E-state index contributed by atoms with van der Waals surface area (Å²) in [7, 11) is 0. The fourth-order valence-corrected chi connectivity index (χ4v) is 1.68. The van der Waals surface area contributed by atoms with Crippen LogP contribution in [0.1, 0.15) is 26.1 Å². The fourth-order valence-electron chi connectivity index (χ4n) is 1.68. The van der Waals surface area contributed by atoms with Crippen molar-refractivity contribution >= 4 is 0 Å². The molecule has 1 atom stereocenters. The van der Waals surface area contributed by atoms with Crippen molar-refractivity contribution < 1.29 is 4.39 Å². The van der Waals surface area contributed by atoms with Crippen LogP contribution in [0.2, 0.25) is 0 Å². The van der Waals surface area contributed by atoms with Crippen LogP contribution in [-0.4, -0.2) is 16.0 Å². The molecule has 0 saturated heterocycles. The molecule has 0 fully saturated rings. The Kier molecular flexibility index (Phi) is 4.10. The van der Waals surface area contributed by atoms with E-state index in [-0.39, 0.29) is 5.82 Å². The van der Waals surface area contributed by atoms with E-state index < -0.39 is 0 Å². The van der Waals surface area contributed by atoms with Crippen LogP contribution in [0.15, 0.2) is 30.5 Å². The first-order valence-corrected chi connectivity index (χ1v) is 6.23. The Balaban J connectivity index is 2.09. The number of rotatable bonds is 5. The minimum absolute atomic E-state index is 0.234. The van der Waals surface area contributed by atoms with E-state index in [4.69, 9.17) is 0 Å². The van der Waals surface area contributed by atoms with Crippen molar-refractivity contribution in [2.24, 2.45) is 0 Å². The SMILES string of the molecule is CCC(C)NCc1ncc(-c2ccccc2F)[nH]1. The smallest absolute Gasteiger partial charge is 0.132 e. The number of hydrogen-bond acceptors (Lipinski definition) is 2. The molecule has 0 amide bonds. The van der Waals surface area contributed by atoms with Gasteiger partial charge in [0.25, 0.3) is 0 Å². The second-order valence-electron chi connectivity index (χ2n) is 4.41. The molecule has 0 bridgehead atoms. The van der Waals surface area contributed by atoms with Gasteiger partial charge in [0.15, 0.2) is 0 Å². The number of imidazole rings is 1. The Morgan fingerprint density at radius 1 is 1.39 bits per heavy atom. The molecule has 0 spiro atoms. The van der Waals surface area contributed by atoms with Crippen LogP contribution in [0.5, 0.6) is 0 Å². The van der Waals surface area contributed by atoms with Gasteiger partial charge in [-0.1, -0.05) is 19.1 Å². The zero-order valence-electron chi connectivity index (χ0n) is 10.7. The Morgan fingerprint density at radius 3 is 2.89 bits per heavy atom. The van der Waals surface area contributed by atoms with E-state index in [1.807, 2.05) is 6.07 Å². The predicted octanol–water partition coefficient (Wildman–Crippen LogP) is 3.10. The van der Waals surface area contributed by atoms with Crippen molar-refractivity contribution in [2.75, 3.05) is 0 Å². The largest absolute Gasteiger partial charge is 0.341 e. The number of nitrogens with zero attached hydrogens (tertiary/aromatic N) is 1. The molecule has 1 heterocycles. The third-order valence-corrected chi connectivity index (χ3v) is 3.02. The summed E-state index contributed by atoms with van der Waals surface area (Å²) in [5.41, 5.74) is 1.27. The highest BCUT2D eigenvalue weighted by molar-refractivity contribution is 5.59. The number of aromatic amines is 1. The Labute approximate surface area is 106 Å². The molecule has 1 unspecified atom stereocenters. The van der Waals surface area contributed by atoms with Gasteiger partial charge in [0.1, 0.15) is 11.6 Å². The molecule has 1 aromatic heterocycles. The molecule has 18 heavy (non-hydrogen) atoms. The molecule has 0 saturated carbocycles. The highest BCUT2D eigenvalue weighted by atomic mass is 19.1. The second-order valence-corrected chi connectivity index (χ2v) is 4.41. The number of aromatic nitrogens is 2. The van der Waals surface area contributed by atoms with Crippen LogP contribution in [-0.2, 0) is 6.54 Å². The van der Waals surface area contributed by atoms with Crippen molar-refractivity contribution in [1.29, 1.82) is 0 Å². The van der Waals surface area contributed by atoms with E-state index in [2.05, 4.69) is 29.1 Å².